The number of hydrogen-bond acceptors (Lipinski definition) is 4. The van der Waals surface area contributed by atoms with Crippen LogP contribution >= 0.6 is 0 Å². The predicted molar refractivity (Wildman–Crippen MR) is 56.2 cm³/mol. The number of ether oxygens (including phenoxy) is 1. The van der Waals surface area contributed by atoms with E-state index in [2.05, 4.69) is 5.32 Å². The molecule has 3 unspecified atom stereocenters. The van der Waals surface area contributed by atoms with Gasteiger partial charge in [0, 0.05) is 25.8 Å². The maximum Gasteiger partial charge on any atom is 0.0897 e. The van der Waals surface area contributed by atoms with E-state index in [1.807, 2.05) is 20.8 Å². The van der Waals surface area contributed by atoms with E-state index < -0.39 is 6.10 Å². The van der Waals surface area contributed by atoms with Crippen molar-refractivity contribution in [1.82, 2.24) is 5.32 Å². The molecule has 0 amide bonds. The molecule has 14 heavy (non-hydrogen) atoms. The Hall–Kier alpha value is -0.160. The van der Waals surface area contributed by atoms with Gasteiger partial charge < -0.3 is 20.3 Å². The summed E-state index contributed by atoms with van der Waals surface area (Å²) < 4.78 is 5.07. The van der Waals surface area contributed by atoms with Gasteiger partial charge in [0.05, 0.1) is 12.7 Å². The molecule has 0 aromatic rings. The Morgan fingerprint density at radius 3 is 2.50 bits per heavy atom. The minimum Gasteiger partial charge on any atom is -0.396 e. The molecule has 0 aliphatic heterocycles. The van der Waals surface area contributed by atoms with Crippen molar-refractivity contribution in [2.45, 2.75) is 32.9 Å². The van der Waals surface area contributed by atoms with E-state index in [4.69, 9.17) is 9.84 Å². The molecule has 3 N–H and O–H groups in total. The highest BCUT2D eigenvalue weighted by Gasteiger charge is 2.12. The molecule has 0 saturated heterocycles. The number of aliphatic hydroxyl groups excluding tert-OH is 2. The van der Waals surface area contributed by atoms with E-state index in [9.17, 15) is 5.11 Å². The van der Waals surface area contributed by atoms with Crippen LogP contribution in [0.2, 0.25) is 0 Å². The summed E-state index contributed by atoms with van der Waals surface area (Å²) in [5.74, 6) is 0.203. The fraction of sp³-hybridized carbons (Fsp3) is 1.00. The third kappa shape index (κ3) is 6.32. The summed E-state index contributed by atoms with van der Waals surface area (Å²) in [6.07, 6.45) is -0.469. The van der Waals surface area contributed by atoms with Gasteiger partial charge in [-0.3, -0.25) is 0 Å². The first-order valence-corrected chi connectivity index (χ1v) is 5.21. The second-order valence-corrected chi connectivity index (χ2v) is 3.67. The van der Waals surface area contributed by atoms with E-state index in [0.29, 0.717) is 19.8 Å². The van der Waals surface area contributed by atoms with Crippen LogP contribution in [0, 0.1) is 5.92 Å². The van der Waals surface area contributed by atoms with E-state index in [1.165, 1.54) is 0 Å². The molecule has 0 aliphatic carbocycles. The SMILES string of the molecule is CCOCC(O)CNC(C)C(C)CO. The van der Waals surface area contributed by atoms with E-state index >= 15 is 0 Å². The van der Waals surface area contributed by atoms with Gasteiger partial charge in [0.1, 0.15) is 0 Å². The van der Waals surface area contributed by atoms with Crippen LogP contribution in [0.5, 0.6) is 0 Å². The Morgan fingerprint density at radius 1 is 1.36 bits per heavy atom. The fourth-order valence-electron chi connectivity index (χ4n) is 0.994. The van der Waals surface area contributed by atoms with Crippen LogP contribution in [-0.4, -0.2) is 48.7 Å². The van der Waals surface area contributed by atoms with E-state index in [0.717, 1.165) is 0 Å². The minimum atomic E-state index is -0.469. The first kappa shape index (κ1) is 13.8. The Morgan fingerprint density at radius 2 is 2.00 bits per heavy atom. The summed E-state index contributed by atoms with van der Waals surface area (Å²) in [5.41, 5.74) is 0. The molecule has 0 aromatic carbocycles. The van der Waals surface area contributed by atoms with Crippen LogP contribution in [0.4, 0.5) is 0 Å². The molecule has 4 heteroatoms. The molecule has 4 nitrogen and oxygen atoms in total. The minimum absolute atomic E-state index is 0.162. The van der Waals surface area contributed by atoms with Crippen LogP contribution in [-0.2, 0) is 4.74 Å². The maximum atomic E-state index is 9.43. The molecule has 86 valence electrons. The molecule has 0 radical (unpaired) electrons. The molecule has 0 bridgehead atoms. The van der Waals surface area contributed by atoms with E-state index in [1.54, 1.807) is 0 Å². The van der Waals surface area contributed by atoms with Crippen molar-refractivity contribution in [3.8, 4) is 0 Å². The van der Waals surface area contributed by atoms with Gasteiger partial charge >= 0.3 is 0 Å². The van der Waals surface area contributed by atoms with Gasteiger partial charge in [0.25, 0.3) is 0 Å². The van der Waals surface area contributed by atoms with Gasteiger partial charge in [0.15, 0.2) is 0 Å². The van der Waals surface area contributed by atoms with Gasteiger partial charge in [0.2, 0.25) is 0 Å². The summed E-state index contributed by atoms with van der Waals surface area (Å²) in [6.45, 7) is 7.52. The van der Waals surface area contributed by atoms with Crippen molar-refractivity contribution in [1.29, 1.82) is 0 Å². The van der Waals surface area contributed by atoms with Crippen molar-refractivity contribution < 1.29 is 14.9 Å². The van der Waals surface area contributed by atoms with Crippen molar-refractivity contribution in [3.05, 3.63) is 0 Å². The molecule has 0 rings (SSSR count). The van der Waals surface area contributed by atoms with Crippen molar-refractivity contribution in [3.63, 3.8) is 0 Å². The Balaban J connectivity index is 3.50. The predicted octanol–water partition coefficient (Wildman–Crippen LogP) is -0.00970. The summed E-state index contributed by atoms with van der Waals surface area (Å²) in [4.78, 5) is 0. The number of rotatable bonds is 8. The van der Waals surface area contributed by atoms with Crippen molar-refractivity contribution >= 4 is 0 Å². The number of nitrogens with one attached hydrogen (secondary N) is 1. The number of aliphatic hydroxyl groups is 2. The monoisotopic (exact) mass is 205 g/mol. The van der Waals surface area contributed by atoms with Gasteiger partial charge in [-0.15, -0.1) is 0 Å². The average molecular weight is 205 g/mol. The summed E-state index contributed by atoms with van der Waals surface area (Å²) >= 11 is 0. The van der Waals surface area contributed by atoms with Crippen LogP contribution in [0.15, 0.2) is 0 Å². The Bertz CT molecular complexity index is 133. The molecular formula is C10H23NO3. The van der Waals surface area contributed by atoms with Gasteiger partial charge in [-0.1, -0.05) is 6.92 Å². The largest absolute Gasteiger partial charge is 0.396 e. The first-order chi connectivity index (χ1) is 6.61. The quantitative estimate of drug-likeness (QED) is 0.521. The van der Waals surface area contributed by atoms with Crippen LogP contribution in [0.25, 0.3) is 0 Å². The highest BCUT2D eigenvalue weighted by molar-refractivity contribution is 4.69. The third-order valence-corrected chi connectivity index (χ3v) is 2.33. The average Bonchev–Trinajstić information content (AvgIpc) is 2.21. The molecule has 0 aliphatic rings. The van der Waals surface area contributed by atoms with Gasteiger partial charge in [-0.05, 0) is 19.8 Å². The maximum absolute atomic E-state index is 9.43. The van der Waals surface area contributed by atoms with Crippen molar-refractivity contribution in [2.75, 3.05) is 26.4 Å². The lowest BCUT2D eigenvalue weighted by Gasteiger charge is -2.21. The van der Waals surface area contributed by atoms with Crippen LogP contribution in [0.1, 0.15) is 20.8 Å². The van der Waals surface area contributed by atoms with E-state index in [-0.39, 0.29) is 18.6 Å². The normalized spacial score (nSPS) is 17.8. The highest BCUT2D eigenvalue weighted by atomic mass is 16.5. The summed E-state index contributed by atoms with van der Waals surface area (Å²) in [6, 6.07) is 0.205. The summed E-state index contributed by atoms with van der Waals surface area (Å²) in [7, 11) is 0. The standard InChI is InChI=1S/C10H23NO3/c1-4-14-7-10(13)5-11-9(3)8(2)6-12/h8-13H,4-7H2,1-3H3. The molecule has 0 heterocycles. The Labute approximate surface area is 86.3 Å². The zero-order valence-electron chi connectivity index (χ0n) is 9.36. The molecule has 3 atom stereocenters. The smallest absolute Gasteiger partial charge is 0.0897 e. The fourth-order valence-corrected chi connectivity index (χ4v) is 0.994. The Kier molecular flexibility index (Phi) is 8.08. The molecule has 0 saturated carbocycles. The highest BCUT2D eigenvalue weighted by Crippen LogP contribution is 2.00. The van der Waals surface area contributed by atoms with Gasteiger partial charge in [-0.2, -0.15) is 0 Å². The zero-order valence-corrected chi connectivity index (χ0v) is 9.36. The lowest BCUT2D eigenvalue weighted by Crippen LogP contribution is -2.40. The summed E-state index contributed by atoms with van der Waals surface area (Å²) in [5, 5.41) is 21.5. The molecule has 0 fully saturated rings. The van der Waals surface area contributed by atoms with Gasteiger partial charge in [-0.25, -0.2) is 0 Å². The molecule has 0 aromatic heterocycles. The van der Waals surface area contributed by atoms with Crippen LogP contribution < -0.4 is 5.32 Å². The zero-order chi connectivity index (χ0) is 11.0. The molecule has 0 spiro atoms. The topological polar surface area (TPSA) is 61.7 Å². The lowest BCUT2D eigenvalue weighted by atomic mass is 10.1. The van der Waals surface area contributed by atoms with Crippen LogP contribution in [0.3, 0.4) is 0 Å². The lowest BCUT2D eigenvalue weighted by molar-refractivity contribution is 0.0400. The second kappa shape index (κ2) is 8.17. The number of hydrogen-bond donors (Lipinski definition) is 3. The van der Waals surface area contributed by atoms with Crippen molar-refractivity contribution in [2.24, 2.45) is 5.92 Å². The molecular weight excluding hydrogens is 182 g/mol. The first-order valence-electron chi connectivity index (χ1n) is 5.21. The third-order valence-electron chi connectivity index (χ3n) is 2.33. The second-order valence-electron chi connectivity index (χ2n) is 3.67.